The minimum Gasteiger partial charge on any atom is -0.356 e. The SMILES string of the molecule is CCCNC(=NCC1CCS(=O)(=O)C1)NC1CCCC(C)C1.I. The molecule has 0 aromatic heterocycles. The summed E-state index contributed by atoms with van der Waals surface area (Å²) in [4.78, 5) is 4.66. The summed E-state index contributed by atoms with van der Waals surface area (Å²) in [6.45, 7) is 5.96. The summed E-state index contributed by atoms with van der Waals surface area (Å²) in [5.41, 5.74) is 0. The molecule has 3 unspecified atom stereocenters. The van der Waals surface area contributed by atoms with Crippen LogP contribution in [0.2, 0.25) is 0 Å². The van der Waals surface area contributed by atoms with Crippen LogP contribution in [0.15, 0.2) is 4.99 Å². The minimum atomic E-state index is -2.80. The fourth-order valence-corrected chi connectivity index (χ4v) is 5.24. The van der Waals surface area contributed by atoms with Gasteiger partial charge in [-0.15, -0.1) is 24.0 Å². The highest BCUT2D eigenvalue weighted by molar-refractivity contribution is 14.0. The fraction of sp³-hybridized carbons (Fsp3) is 0.938. The Bertz CT molecular complexity index is 482. The van der Waals surface area contributed by atoms with Crippen LogP contribution < -0.4 is 10.6 Å². The van der Waals surface area contributed by atoms with Crippen LogP contribution in [0.1, 0.15) is 52.4 Å². The molecule has 1 saturated carbocycles. The van der Waals surface area contributed by atoms with E-state index in [4.69, 9.17) is 0 Å². The van der Waals surface area contributed by atoms with E-state index in [1.807, 2.05) is 0 Å². The molecule has 0 bridgehead atoms. The van der Waals surface area contributed by atoms with E-state index in [-0.39, 0.29) is 29.9 Å². The minimum absolute atomic E-state index is 0. The van der Waals surface area contributed by atoms with E-state index in [9.17, 15) is 8.42 Å². The number of hydrogen-bond acceptors (Lipinski definition) is 3. The van der Waals surface area contributed by atoms with Gasteiger partial charge < -0.3 is 10.6 Å². The summed E-state index contributed by atoms with van der Waals surface area (Å²) < 4.78 is 23.1. The Kier molecular flexibility index (Phi) is 9.18. The van der Waals surface area contributed by atoms with Crippen LogP contribution in [0, 0.1) is 11.8 Å². The summed E-state index contributed by atoms with van der Waals surface area (Å²) in [5.74, 6) is 2.47. The molecule has 2 N–H and O–H groups in total. The van der Waals surface area contributed by atoms with E-state index in [0.717, 1.165) is 31.3 Å². The van der Waals surface area contributed by atoms with Gasteiger partial charge in [0.25, 0.3) is 0 Å². The van der Waals surface area contributed by atoms with Gasteiger partial charge in [0, 0.05) is 19.1 Å². The first-order valence-corrected chi connectivity index (χ1v) is 10.6. The maximum atomic E-state index is 11.5. The Morgan fingerprint density at radius 1 is 1.26 bits per heavy atom. The zero-order valence-corrected chi connectivity index (χ0v) is 17.5. The molecule has 3 atom stereocenters. The largest absolute Gasteiger partial charge is 0.356 e. The normalized spacial score (nSPS) is 30.5. The average molecular weight is 457 g/mol. The van der Waals surface area contributed by atoms with E-state index in [2.05, 4.69) is 29.5 Å². The van der Waals surface area contributed by atoms with E-state index in [1.54, 1.807) is 0 Å². The first-order chi connectivity index (χ1) is 10.5. The molecule has 2 aliphatic rings. The molecule has 7 heteroatoms. The van der Waals surface area contributed by atoms with E-state index in [1.165, 1.54) is 25.7 Å². The second-order valence-electron chi connectivity index (χ2n) is 7.00. The first kappa shape index (κ1) is 21.0. The van der Waals surface area contributed by atoms with Gasteiger partial charge in [-0.05, 0) is 37.5 Å². The molecular weight excluding hydrogens is 425 g/mol. The van der Waals surface area contributed by atoms with Crippen molar-refractivity contribution in [1.29, 1.82) is 0 Å². The lowest BCUT2D eigenvalue weighted by Crippen LogP contribution is -2.45. The van der Waals surface area contributed by atoms with Crippen molar-refractivity contribution in [3.8, 4) is 0 Å². The van der Waals surface area contributed by atoms with Crippen LogP contribution in [0.5, 0.6) is 0 Å². The van der Waals surface area contributed by atoms with Crippen molar-refractivity contribution >= 4 is 39.8 Å². The predicted octanol–water partition coefficient (Wildman–Crippen LogP) is 2.56. The number of nitrogens with zero attached hydrogens (tertiary/aromatic N) is 1. The van der Waals surface area contributed by atoms with Crippen molar-refractivity contribution in [3.63, 3.8) is 0 Å². The van der Waals surface area contributed by atoms with Crippen molar-refractivity contribution in [1.82, 2.24) is 10.6 Å². The second kappa shape index (κ2) is 10.1. The third-order valence-electron chi connectivity index (χ3n) is 4.65. The highest BCUT2D eigenvalue weighted by atomic mass is 127. The van der Waals surface area contributed by atoms with Gasteiger partial charge in [-0.3, -0.25) is 4.99 Å². The van der Waals surface area contributed by atoms with Crippen LogP contribution in [0.3, 0.4) is 0 Å². The van der Waals surface area contributed by atoms with Gasteiger partial charge in [0.15, 0.2) is 15.8 Å². The maximum Gasteiger partial charge on any atom is 0.191 e. The molecule has 1 aliphatic heterocycles. The Morgan fingerprint density at radius 3 is 2.65 bits per heavy atom. The van der Waals surface area contributed by atoms with Gasteiger partial charge in [0.2, 0.25) is 0 Å². The topological polar surface area (TPSA) is 70.6 Å². The van der Waals surface area contributed by atoms with E-state index in [0.29, 0.717) is 24.1 Å². The van der Waals surface area contributed by atoms with Crippen LogP contribution in [0.4, 0.5) is 0 Å². The van der Waals surface area contributed by atoms with Gasteiger partial charge in [-0.25, -0.2) is 8.42 Å². The van der Waals surface area contributed by atoms with Crippen LogP contribution in [-0.2, 0) is 9.84 Å². The number of guanidine groups is 1. The summed E-state index contributed by atoms with van der Waals surface area (Å²) in [6, 6.07) is 0.499. The lowest BCUT2D eigenvalue weighted by Gasteiger charge is -2.29. The zero-order valence-electron chi connectivity index (χ0n) is 14.4. The number of halogens is 1. The molecule has 0 aromatic carbocycles. The monoisotopic (exact) mass is 457 g/mol. The summed E-state index contributed by atoms with van der Waals surface area (Å²) in [7, 11) is -2.80. The molecule has 2 rings (SSSR count). The number of rotatable bonds is 5. The molecule has 0 spiro atoms. The van der Waals surface area contributed by atoms with Crippen LogP contribution in [-0.4, -0.2) is 45.0 Å². The summed E-state index contributed by atoms with van der Waals surface area (Å²) in [5, 5.41) is 6.92. The molecule has 0 radical (unpaired) electrons. The molecule has 5 nitrogen and oxygen atoms in total. The van der Waals surface area contributed by atoms with E-state index < -0.39 is 9.84 Å². The number of nitrogens with one attached hydrogen (secondary N) is 2. The van der Waals surface area contributed by atoms with Gasteiger partial charge >= 0.3 is 0 Å². The summed E-state index contributed by atoms with van der Waals surface area (Å²) in [6.07, 6.45) is 6.82. The molecule has 2 fully saturated rings. The van der Waals surface area contributed by atoms with E-state index >= 15 is 0 Å². The van der Waals surface area contributed by atoms with Gasteiger partial charge in [0.1, 0.15) is 0 Å². The molecular formula is C16H32IN3O2S. The fourth-order valence-electron chi connectivity index (χ4n) is 3.39. The third-order valence-corrected chi connectivity index (χ3v) is 6.49. The summed E-state index contributed by atoms with van der Waals surface area (Å²) >= 11 is 0. The molecule has 1 saturated heterocycles. The quantitative estimate of drug-likeness (QED) is 0.378. The molecule has 1 heterocycles. The van der Waals surface area contributed by atoms with Crippen molar-refractivity contribution in [2.75, 3.05) is 24.6 Å². The molecule has 0 amide bonds. The third kappa shape index (κ3) is 7.58. The Balaban J connectivity index is 0.00000264. The number of aliphatic imine (C=N–C) groups is 1. The maximum absolute atomic E-state index is 11.5. The molecule has 136 valence electrons. The van der Waals surface area contributed by atoms with Crippen LogP contribution >= 0.6 is 24.0 Å². The molecule has 0 aromatic rings. The van der Waals surface area contributed by atoms with Crippen molar-refractivity contribution < 1.29 is 8.42 Å². The number of sulfone groups is 1. The van der Waals surface area contributed by atoms with Gasteiger partial charge in [-0.2, -0.15) is 0 Å². The highest BCUT2D eigenvalue weighted by Crippen LogP contribution is 2.23. The lowest BCUT2D eigenvalue weighted by atomic mass is 9.87. The highest BCUT2D eigenvalue weighted by Gasteiger charge is 2.27. The average Bonchev–Trinajstić information content (AvgIpc) is 2.81. The van der Waals surface area contributed by atoms with Gasteiger partial charge in [-0.1, -0.05) is 26.7 Å². The standard InChI is InChI=1S/C16H31N3O2S.HI/c1-3-8-17-16(19-15-6-4-5-13(2)10-15)18-11-14-7-9-22(20,21)12-14;/h13-15H,3-12H2,1-2H3,(H2,17,18,19);1H. The van der Waals surface area contributed by atoms with Crippen molar-refractivity contribution in [2.45, 2.75) is 58.4 Å². The van der Waals surface area contributed by atoms with Crippen molar-refractivity contribution in [3.05, 3.63) is 0 Å². The van der Waals surface area contributed by atoms with Crippen molar-refractivity contribution in [2.24, 2.45) is 16.8 Å². The molecule has 23 heavy (non-hydrogen) atoms. The first-order valence-electron chi connectivity index (χ1n) is 8.73. The predicted molar refractivity (Wildman–Crippen MR) is 107 cm³/mol. The molecule has 1 aliphatic carbocycles. The lowest BCUT2D eigenvalue weighted by molar-refractivity contribution is 0.324. The Labute approximate surface area is 158 Å². The number of hydrogen-bond donors (Lipinski definition) is 2. The second-order valence-corrected chi connectivity index (χ2v) is 9.23. The Morgan fingerprint density at radius 2 is 2.04 bits per heavy atom. The van der Waals surface area contributed by atoms with Crippen LogP contribution in [0.25, 0.3) is 0 Å². The van der Waals surface area contributed by atoms with Gasteiger partial charge in [0.05, 0.1) is 11.5 Å². The smallest absolute Gasteiger partial charge is 0.191 e. The zero-order chi connectivity index (χ0) is 16.0. The Hall–Kier alpha value is -0.0500.